The summed E-state index contributed by atoms with van der Waals surface area (Å²) >= 11 is 0. The third kappa shape index (κ3) is 3.18. The van der Waals surface area contributed by atoms with E-state index < -0.39 is 0 Å². The smallest absolute Gasteiger partial charge is 0.302 e. The van der Waals surface area contributed by atoms with Gasteiger partial charge < -0.3 is 14.2 Å². The molecule has 0 unspecified atom stereocenters. The third-order valence-corrected chi connectivity index (χ3v) is 11.7. The maximum absolute atomic E-state index is 11.5. The molecular formula is C29H44O4. The second-order valence-corrected chi connectivity index (χ2v) is 13.3. The molecule has 33 heavy (non-hydrogen) atoms. The van der Waals surface area contributed by atoms with Gasteiger partial charge in [0.2, 0.25) is 0 Å². The van der Waals surface area contributed by atoms with Crippen LogP contribution in [0.3, 0.4) is 0 Å². The van der Waals surface area contributed by atoms with Crippen molar-refractivity contribution in [2.75, 3.05) is 6.61 Å². The molecule has 5 fully saturated rings. The standard InChI is InChI=1S/C29H44O4/c1-17-8-13-29(31-16-17)18(2)26-25(33-29)15-24-22-7-6-20-14-21(32-19(3)30)9-11-27(20,4)23(22)10-12-28(24,26)5/h6,17-18,21-26H,7-16H2,1-5H3/t17-,18-,21+,22-,23+,24+,25-,26-,27-,28-,29+/m0/s1. The van der Waals surface area contributed by atoms with Crippen molar-refractivity contribution < 1.29 is 19.0 Å². The number of hydrogen-bond acceptors (Lipinski definition) is 4. The summed E-state index contributed by atoms with van der Waals surface area (Å²) in [4.78, 5) is 11.5. The summed E-state index contributed by atoms with van der Waals surface area (Å²) in [5.41, 5.74) is 2.24. The Balaban J connectivity index is 1.24. The quantitative estimate of drug-likeness (QED) is 0.344. The molecule has 0 bridgehead atoms. The first-order valence-corrected chi connectivity index (χ1v) is 13.8. The van der Waals surface area contributed by atoms with Crippen LogP contribution in [0.4, 0.5) is 0 Å². The van der Waals surface area contributed by atoms with Gasteiger partial charge in [-0.25, -0.2) is 0 Å². The van der Waals surface area contributed by atoms with Crippen LogP contribution in [-0.4, -0.2) is 30.6 Å². The van der Waals surface area contributed by atoms with E-state index in [-0.39, 0.29) is 23.3 Å². The highest BCUT2D eigenvalue weighted by Crippen LogP contribution is 2.70. The van der Waals surface area contributed by atoms with Gasteiger partial charge in [-0.3, -0.25) is 4.79 Å². The highest BCUT2D eigenvalue weighted by atomic mass is 16.7. The Labute approximate surface area is 200 Å². The normalized spacial score (nSPS) is 55.2. The first-order valence-electron chi connectivity index (χ1n) is 13.8. The van der Waals surface area contributed by atoms with Crippen LogP contribution in [-0.2, 0) is 19.0 Å². The molecule has 3 saturated carbocycles. The fourth-order valence-corrected chi connectivity index (χ4v) is 9.98. The summed E-state index contributed by atoms with van der Waals surface area (Å²) in [5.74, 6) is 3.64. The summed E-state index contributed by atoms with van der Waals surface area (Å²) in [6, 6.07) is 0. The molecule has 0 amide bonds. The van der Waals surface area contributed by atoms with Crippen molar-refractivity contribution in [2.24, 2.45) is 46.3 Å². The van der Waals surface area contributed by atoms with E-state index >= 15 is 0 Å². The number of fused-ring (bicyclic) bond motifs is 7. The lowest BCUT2D eigenvalue weighted by molar-refractivity contribution is -0.272. The minimum absolute atomic E-state index is 0.0849. The third-order valence-electron chi connectivity index (χ3n) is 11.7. The minimum Gasteiger partial charge on any atom is -0.462 e. The average Bonchev–Trinajstić information content (AvgIpc) is 3.21. The van der Waals surface area contributed by atoms with Gasteiger partial charge in [0, 0.05) is 25.7 Å². The Bertz CT molecular complexity index is 841. The van der Waals surface area contributed by atoms with Crippen molar-refractivity contribution in [1.82, 2.24) is 0 Å². The number of carbonyl (C=O) groups excluding carboxylic acids is 1. The van der Waals surface area contributed by atoms with E-state index in [4.69, 9.17) is 14.2 Å². The van der Waals surface area contributed by atoms with Gasteiger partial charge in [-0.2, -0.15) is 0 Å². The number of carbonyl (C=O) groups is 1. The predicted molar refractivity (Wildman–Crippen MR) is 127 cm³/mol. The van der Waals surface area contributed by atoms with E-state index in [1.165, 1.54) is 32.1 Å². The van der Waals surface area contributed by atoms with Crippen LogP contribution < -0.4 is 0 Å². The molecule has 2 aliphatic heterocycles. The van der Waals surface area contributed by atoms with Gasteiger partial charge >= 0.3 is 5.97 Å². The summed E-state index contributed by atoms with van der Waals surface area (Å²) in [5, 5.41) is 0. The van der Waals surface area contributed by atoms with Gasteiger partial charge in [0.25, 0.3) is 0 Å². The Morgan fingerprint density at radius 2 is 1.91 bits per heavy atom. The van der Waals surface area contributed by atoms with Crippen molar-refractivity contribution in [1.29, 1.82) is 0 Å². The Kier molecular flexibility index (Phi) is 5.18. The van der Waals surface area contributed by atoms with Crippen molar-refractivity contribution in [3.63, 3.8) is 0 Å². The molecule has 6 aliphatic rings. The molecule has 1 spiro atoms. The monoisotopic (exact) mass is 456 g/mol. The maximum Gasteiger partial charge on any atom is 0.302 e. The second kappa shape index (κ2) is 7.56. The van der Waals surface area contributed by atoms with Gasteiger partial charge in [0.05, 0.1) is 12.7 Å². The zero-order valence-electron chi connectivity index (χ0n) is 21.4. The SMILES string of the molecule is CC(=O)O[C@@H]1CC[C@@]2(C)C(=CC[C@@H]3[C@H]4C[C@@H]5O[C@]6(CC[C@H](C)CO6)[C@@H](C)[C@@H]5[C@@]4(C)CC[C@H]32)C1. The van der Waals surface area contributed by atoms with E-state index in [2.05, 4.69) is 33.8 Å². The fourth-order valence-electron chi connectivity index (χ4n) is 9.98. The van der Waals surface area contributed by atoms with Crippen LogP contribution in [0.5, 0.6) is 0 Å². The zero-order valence-corrected chi connectivity index (χ0v) is 21.4. The summed E-state index contributed by atoms with van der Waals surface area (Å²) in [6.45, 7) is 12.3. The number of rotatable bonds is 1. The van der Waals surface area contributed by atoms with Gasteiger partial charge in [-0.05, 0) is 85.4 Å². The fraction of sp³-hybridized carbons (Fsp3) is 0.897. The molecule has 2 saturated heterocycles. The lowest BCUT2D eigenvalue weighted by Gasteiger charge is -2.58. The molecule has 184 valence electrons. The first kappa shape index (κ1) is 22.6. The van der Waals surface area contributed by atoms with Gasteiger partial charge in [-0.1, -0.05) is 39.3 Å². The largest absolute Gasteiger partial charge is 0.462 e. The maximum atomic E-state index is 11.5. The first-order chi connectivity index (χ1) is 15.7. The lowest BCUT2D eigenvalue weighted by atomic mass is 9.47. The Morgan fingerprint density at radius 1 is 1.09 bits per heavy atom. The minimum atomic E-state index is -0.312. The molecule has 11 atom stereocenters. The molecule has 0 aromatic rings. The van der Waals surface area contributed by atoms with Crippen molar-refractivity contribution in [3.8, 4) is 0 Å². The Morgan fingerprint density at radius 3 is 2.64 bits per heavy atom. The topological polar surface area (TPSA) is 44.8 Å². The molecular weight excluding hydrogens is 412 g/mol. The molecule has 4 heteroatoms. The summed E-state index contributed by atoms with van der Waals surface area (Å²) in [7, 11) is 0. The molecule has 0 aromatic carbocycles. The van der Waals surface area contributed by atoms with E-state index in [1.54, 1.807) is 12.5 Å². The number of ether oxygens (including phenoxy) is 3. The van der Waals surface area contributed by atoms with Crippen molar-refractivity contribution in [2.45, 2.75) is 110 Å². The molecule has 0 N–H and O–H groups in total. The van der Waals surface area contributed by atoms with Gasteiger partial charge in [0.1, 0.15) is 6.10 Å². The number of esters is 1. The van der Waals surface area contributed by atoms with Crippen LogP contribution in [0.2, 0.25) is 0 Å². The molecule has 0 radical (unpaired) electrons. The van der Waals surface area contributed by atoms with E-state index in [9.17, 15) is 4.79 Å². The Hall–Kier alpha value is -0.870. The summed E-state index contributed by atoms with van der Waals surface area (Å²) < 4.78 is 19.0. The van der Waals surface area contributed by atoms with Crippen molar-refractivity contribution >= 4 is 5.97 Å². The number of allylic oxidation sites excluding steroid dienone is 1. The molecule has 2 heterocycles. The molecule has 4 nitrogen and oxygen atoms in total. The van der Waals surface area contributed by atoms with Gasteiger partial charge in [-0.15, -0.1) is 0 Å². The van der Waals surface area contributed by atoms with Crippen LogP contribution in [0.15, 0.2) is 11.6 Å². The highest BCUT2D eigenvalue weighted by molar-refractivity contribution is 5.66. The van der Waals surface area contributed by atoms with Crippen LogP contribution in [0, 0.1) is 46.3 Å². The van der Waals surface area contributed by atoms with Gasteiger partial charge in [0.15, 0.2) is 5.79 Å². The van der Waals surface area contributed by atoms with E-state index in [0.717, 1.165) is 50.0 Å². The zero-order chi connectivity index (χ0) is 23.2. The van der Waals surface area contributed by atoms with Crippen LogP contribution >= 0.6 is 0 Å². The second-order valence-electron chi connectivity index (χ2n) is 13.3. The van der Waals surface area contributed by atoms with Crippen LogP contribution in [0.1, 0.15) is 92.4 Å². The van der Waals surface area contributed by atoms with Crippen molar-refractivity contribution in [3.05, 3.63) is 11.6 Å². The van der Waals surface area contributed by atoms with Crippen LogP contribution in [0.25, 0.3) is 0 Å². The average molecular weight is 457 g/mol. The molecule has 6 rings (SSSR count). The molecule has 4 aliphatic carbocycles. The lowest BCUT2D eigenvalue weighted by Crippen LogP contribution is -2.52. The predicted octanol–water partition coefficient (Wildman–Crippen LogP) is 6.28. The van der Waals surface area contributed by atoms with E-state index in [1.807, 2.05) is 0 Å². The summed E-state index contributed by atoms with van der Waals surface area (Å²) in [6.07, 6.45) is 13.6. The van der Waals surface area contributed by atoms with E-state index in [0.29, 0.717) is 29.3 Å². The number of hydrogen-bond donors (Lipinski definition) is 0. The molecule has 0 aromatic heterocycles. The highest BCUT2D eigenvalue weighted by Gasteiger charge is 2.68.